The molecule has 0 bridgehead atoms. The Kier molecular flexibility index (Phi) is 6.24. The molecule has 0 aliphatic heterocycles. The van der Waals surface area contributed by atoms with E-state index in [1.165, 1.54) is 12.5 Å². The van der Waals surface area contributed by atoms with Crippen LogP contribution in [-0.4, -0.2) is 4.89 Å². The topological polar surface area (TPSA) is 38.7 Å². The van der Waals surface area contributed by atoms with Gasteiger partial charge in [-0.3, -0.25) is 0 Å². The molecule has 0 aromatic carbocycles. The van der Waals surface area contributed by atoms with Crippen molar-refractivity contribution in [3.8, 4) is 0 Å². The van der Waals surface area contributed by atoms with E-state index in [9.17, 15) is 0 Å². The summed E-state index contributed by atoms with van der Waals surface area (Å²) >= 11 is 0. The van der Waals surface area contributed by atoms with E-state index in [4.69, 9.17) is 4.89 Å². The van der Waals surface area contributed by atoms with Gasteiger partial charge in [-0.05, 0) is 13.8 Å². The molecule has 0 saturated heterocycles. The Hall–Kier alpha value is -0.530. The molecule has 0 saturated carbocycles. The first-order chi connectivity index (χ1) is 4.81. The lowest BCUT2D eigenvalue weighted by Gasteiger charge is -2.03. The van der Waals surface area contributed by atoms with Gasteiger partial charge in [-0.2, -0.15) is 0 Å². The molecular formula is C6H11O3P. The molecule has 0 spiro atoms. The average molecular weight is 162 g/mol. The zero-order chi connectivity index (χ0) is 7.82. The van der Waals surface area contributed by atoms with Gasteiger partial charge in [-0.1, -0.05) is 12.2 Å². The van der Waals surface area contributed by atoms with E-state index < -0.39 is 8.60 Å². The monoisotopic (exact) mass is 162 g/mol. The largest absolute Gasteiger partial charge is 0.458 e. The summed E-state index contributed by atoms with van der Waals surface area (Å²) in [5, 5.41) is 0. The van der Waals surface area contributed by atoms with Crippen LogP contribution in [0, 0.1) is 0 Å². The Morgan fingerprint density at radius 3 is 1.80 bits per heavy atom. The van der Waals surface area contributed by atoms with Crippen molar-refractivity contribution in [1.82, 2.24) is 0 Å². The molecule has 0 aliphatic rings. The van der Waals surface area contributed by atoms with Crippen LogP contribution < -0.4 is 0 Å². The molecule has 0 atom stereocenters. The van der Waals surface area contributed by atoms with Crippen molar-refractivity contribution in [2.24, 2.45) is 0 Å². The van der Waals surface area contributed by atoms with Crippen LogP contribution in [0.2, 0.25) is 0 Å². The van der Waals surface area contributed by atoms with Crippen molar-refractivity contribution in [3.05, 3.63) is 24.7 Å². The van der Waals surface area contributed by atoms with Crippen molar-refractivity contribution >= 4 is 8.60 Å². The van der Waals surface area contributed by atoms with Crippen molar-refractivity contribution in [3.63, 3.8) is 0 Å². The maximum Gasteiger partial charge on any atom is 0.458 e. The third-order valence-electron chi connectivity index (χ3n) is 0.574. The molecule has 4 heteroatoms. The molecule has 0 unspecified atom stereocenters. The Bertz CT molecular complexity index is 108. The normalized spacial score (nSPS) is 14.3. The Balaban J connectivity index is 3.33. The van der Waals surface area contributed by atoms with Gasteiger partial charge < -0.3 is 13.9 Å². The molecule has 0 radical (unpaired) electrons. The van der Waals surface area contributed by atoms with Crippen molar-refractivity contribution in [1.29, 1.82) is 0 Å². The van der Waals surface area contributed by atoms with Crippen LogP contribution >= 0.6 is 8.60 Å². The second-order valence-corrected chi connectivity index (χ2v) is 2.28. The average Bonchev–Trinajstić information content (AvgIpc) is 1.97. The third kappa shape index (κ3) is 5.60. The molecule has 0 amide bonds. The molecule has 0 aromatic heterocycles. The summed E-state index contributed by atoms with van der Waals surface area (Å²) in [6.45, 7) is 3.58. The summed E-state index contributed by atoms with van der Waals surface area (Å²) in [6.07, 6.45) is 6.11. The quantitative estimate of drug-likeness (QED) is 0.509. The summed E-state index contributed by atoms with van der Waals surface area (Å²) < 4.78 is 9.32. The summed E-state index contributed by atoms with van der Waals surface area (Å²) in [7, 11) is -1.77. The lowest BCUT2D eigenvalue weighted by atomic mass is 10.8. The van der Waals surface area contributed by atoms with Crippen LogP contribution in [0.3, 0.4) is 0 Å². The molecule has 58 valence electrons. The van der Waals surface area contributed by atoms with Gasteiger partial charge in [0, 0.05) is 0 Å². The number of hydrogen-bond donors (Lipinski definition) is 1. The number of rotatable bonds is 4. The SMILES string of the molecule is CC=COP(O)OC=CC. The molecule has 10 heavy (non-hydrogen) atoms. The van der Waals surface area contributed by atoms with E-state index in [1.54, 1.807) is 26.0 Å². The van der Waals surface area contributed by atoms with Crippen LogP contribution in [0.5, 0.6) is 0 Å². The number of hydrogen-bond acceptors (Lipinski definition) is 3. The van der Waals surface area contributed by atoms with Gasteiger partial charge >= 0.3 is 8.60 Å². The molecular weight excluding hydrogens is 151 g/mol. The Morgan fingerprint density at radius 2 is 1.50 bits per heavy atom. The zero-order valence-electron chi connectivity index (χ0n) is 6.02. The van der Waals surface area contributed by atoms with Crippen LogP contribution in [-0.2, 0) is 9.05 Å². The first-order valence-corrected chi connectivity index (χ1v) is 3.99. The second kappa shape index (κ2) is 6.59. The van der Waals surface area contributed by atoms with Gasteiger partial charge in [-0.15, -0.1) is 0 Å². The van der Waals surface area contributed by atoms with Crippen molar-refractivity contribution in [2.45, 2.75) is 13.8 Å². The lowest BCUT2D eigenvalue weighted by molar-refractivity contribution is 0.321. The summed E-state index contributed by atoms with van der Waals surface area (Å²) in [5.74, 6) is 0. The summed E-state index contributed by atoms with van der Waals surface area (Å²) in [6, 6.07) is 0. The van der Waals surface area contributed by atoms with Crippen LogP contribution in [0.25, 0.3) is 0 Å². The van der Waals surface area contributed by atoms with Gasteiger partial charge in [0.2, 0.25) is 0 Å². The van der Waals surface area contributed by atoms with E-state index in [-0.39, 0.29) is 0 Å². The third-order valence-corrected chi connectivity index (χ3v) is 1.18. The van der Waals surface area contributed by atoms with E-state index in [2.05, 4.69) is 9.05 Å². The lowest BCUT2D eigenvalue weighted by Crippen LogP contribution is -1.75. The fraction of sp³-hybridized carbons (Fsp3) is 0.333. The van der Waals surface area contributed by atoms with Crippen LogP contribution in [0.1, 0.15) is 13.8 Å². The van der Waals surface area contributed by atoms with Gasteiger partial charge in [-0.25, -0.2) is 0 Å². The minimum atomic E-state index is -1.77. The highest BCUT2D eigenvalue weighted by Gasteiger charge is 2.01. The van der Waals surface area contributed by atoms with Gasteiger partial charge in [0.15, 0.2) is 0 Å². The maximum atomic E-state index is 8.83. The van der Waals surface area contributed by atoms with E-state index >= 15 is 0 Å². The van der Waals surface area contributed by atoms with Gasteiger partial charge in [0.25, 0.3) is 0 Å². The van der Waals surface area contributed by atoms with Crippen LogP contribution in [0.15, 0.2) is 24.7 Å². The summed E-state index contributed by atoms with van der Waals surface area (Å²) in [4.78, 5) is 8.83. The molecule has 0 fully saturated rings. The fourth-order valence-corrected chi connectivity index (χ4v) is 0.752. The second-order valence-electron chi connectivity index (χ2n) is 1.39. The highest BCUT2D eigenvalue weighted by molar-refractivity contribution is 7.40. The summed E-state index contributed by atoms with van der Waals surface area (Å²) in [5.41, 5.74) is 0. The predicted octanol–water partition coefficient (Wildman–Crippen LogP) is 2.31. The van der Waals surface area contributed by atoms with E-state index in [0.29, 0.717) is 0 Å². The minimum Gasteiger partial charge on any atom is -0.426 e. The minimum absolute atomic E-state index is 1.38. The molecule has 0 heterocycles. The van der Waals surface area contributed by atoms with Crippen molar-refractivity contribution in [2.75, 3.05) is 0 Å². The highest BCUT2D eigenvalue weighted by Crippen LogP contribution is 2.32. The highest BCUT2D eigenvalue weighted by atomic mass is 31.2. The molecule has 1 N–H and O–H groups in total. The Labute approximate surface area is 62.0 Å². The van der Waals surface area contributed by atoms with E-state index in [0.717, 1.165) is 0 Å². The smallest absolute Gasteiger partial charge is 0.426 e. The first kappa shape index (κ1) is 9.47. The fourth-order valence-electron chi connectivity index (χ4n) is 0.251. The van der Waals surface area contributed by atoms with E-state index in [1.807, 2.05) is 0 Å². The van der Waals surface area contributed by atoms with Gasteiger partial charge in [0.05, 0.1) is 12.5 Å². The standard InChI is InChI=1S/C6H11O3P/c1-3-5-8-10(7)9-6-4-2/h3-7H,1-2H3. The van der Waals surface area contributed by atoms with Crippen LogP contribution in [0.4, 0.5) is 0 Å². The molecule has 0 aromatic rings. The predicted molar refractivity (Wildman–Crippen MR) is 40.9 cm³/mol. The molecule has 3 nitrogen and oxygen atoms in total. The molecule has 0 aliphatic carbocycles. The first-order valence-electron chi connectivity index (χ1n) is 2.86. The zero-order valence-corrected chi connectivity index (χ0v) is 6.91. The maximum absolute atomic E-state index is 8.83. The Morgan fingerprint density at radius 1 is 1.10 bits per heavy atom. The van der Waals surface area contributed by atoms with Crippen molar-refractivity contribution < 1.29 is 13.9 Å². The number of allylic oxidation sites excluding steroid dienone is 2. The molecule has 0 rings (SSSR count). The van der Waals surface area contributed by atoms with Gasteiger partial charge in [0.1, 0.15) is 0 Å².